The molecule has 1 fully saturated rings. The van der Waals surface area contributed by atoms with Crippen molar-refractivity contribution in [3.63, 3.8) is 0 Å². The third-order valence-corrected chi connectivity index (χ3v) is 1.95. The zero-order valence-corrected chi connectivity index (χ0v) is 7.26. The van der Waals surface area contributed by atoms with E-state index < -0.39 is 0 Å². The molecule has 4 heteroatoms. The smallest absolute Gasteiger partial charge is 0.0958 e. The highest BCUT2D eigenvalue weighted by Crippen LogP contribution is 2.09. The van der Waals surface area contributed by atoms with Crippen LogP contribution in [0.15, 0.2) is 24.5 Å². The lowest BCUT2D eigenvalue weighted by Gasteiger charge is -2.12. The minimum absolute atomic E-state index is 0.350. The fraction of sp³-hybridized carbons (Fsp3) is 0.444. The molecule has 13 heavy (non-hydrogen) atoms. The number of β-amino-alcohol motifs (C(OH)–C–C–N with tert-alkyl or cyclic N) is 1. The second-order valence-electron chi connectivity index (χ2n) is 3.13. The van der Waals surface area contributed by atoms with Gasteiger partial charge in [0.1, 0.15) is 0 Å². The molecule has 0 aliphatic carbocycles. The Balaban J connectivity index is 1.92. The Kier molecular flexibility index (Phi) is 2.54. The number of pyridine rings is 1. The molecule has 1 unspecified atom stereocenters. The molecule has 0 spiro atoms. The molecule has 1 aromatic heterocycles. The highest BCUT2D eigenvalue weighted by Gasteiger charge is 2.20. The zero-order valence-electron chi connectivity index (χ0n) is 7.26. The summed E-state index contributed by atoms with van der Waals surface area (Å²) in [7, 11) is 0. The van der Waals surface area contributed by atoms with Gasteiger partial charge in [-0.05, 0) is 11.6 Å². The number of aliphatic hydroxyl groups is 1. The van der Waals surface area contributed by atoms with Crippen LogP contribution in [0.1, 0.15) is 5.56 Å². The van der Waals surface area contributed by atoms with Gasteiger partial charge in [0.05, 0.1) is 25.8 Å². The van der Waals surface area contributed by atoms with Crippen molar-refractivity contribution in [2.75, 3.05) is 13.2 Å². The third kappa shape index (κ3) is 2.24. The van der Waals surface area contributed by atoms with Crippen LogP contribution in [0.25, 0.3) is 0 Å². The SMILES string of the molecule is OC1CON(Cc2cccnc2)C1. The highest BCUT2D eigenvalue weighted by molar-refractivity contribution is 5.07. The first-order chi connectivity index (χ1) is 6.34. The number of hydrogen-bond acceptors (Lipinski definition) is 4. The number of hydrogen-bond donors (Lipinski definition) is 1. The largest absolute Gasteiger partial charge is 0.389 e. The lowest BCUT2D eigenvalue weighted by atomic mass is 10.3. The first-order valence-corrected chi connectivity index (χ1v) is 4.29. The van der Waals surface area contributed by atoms with Crippen LogP contribution in [-0.2, 0) is 11.4 Å². The molecule has 70 valence electrons. The summed E-state index contributed by atoms with van der Waals surface area (Å²) in [6, 6.07) is 3.88. The number of nitrogens with zero attached hydrogens (tertiary/aromatic N) is 2. The molecule has 0 saturated carbocycles. The van der Waals surface area contributed by atoms with Crippen LogP contribution in [0, 0.1) is 0 Å². The minimum Gasteiger partial charge on any atom is -0.389 e. The van der Waals surface area contributed by atoms with E-state index >= 15 is 0 Å². The summed E-state index contributed by atoms with van der Waals surface area (Å²) in [5.74, 6) is 0. The lowest BCUT2D eigenvalue weighted by Crippen LogP contribution is -2.20. The number of aromatic nitrogens is 1. The Labute approximate surface area is 76.7 Å². The monoisotopic (exact) mass is 180 g/mol. The molecule has 2 rings (SSSR count). The molecule has 0 amide bonds. The molecule has 1 saturated heterocycles. The second kappa shape index (κ2) is 3.83. The molecule has 0 radical (unpaired) electrons. The Hall–Kier alpha value is -0.970. The maximum atomic E-state index is 9.20. The van der Waals surface area contributed by atoms with E-state index in [2.05, 4.69) is 4.98 Å². The van der Waals surface area contributed by atoms with Gasteiger partial charge < -0.3 is 5.11 Å². The van der Waals surface area contributed by atoms with Crippen LogP contribution in [0.3, 0.4) is 0 Å². The van der Waals surface area contributed by atoms with Gasteiger partial charge >= 0.3 is 0 Å². The molecule has 2 heterocycles. The van der Waals surface area contributed by atoms with E-state index in [0.29, 0.717) is 19.7 Å². The summed E-state index contributed by atoms with van der Waals surface area (Å²) < 4.78 is 0. The van der Waals surface area contributed by atoms with Crippen molar-refractivity contribution in [3.05, 3.63) is 30.1 Å². The number of aliphatic hydroxyl groups excluding tert-OH is 1. The van der Waals surface area contributed by atoms with Crippen molar-refractivity contribution in [1.29, 1.82) is 0 Å². The first-order valence-electron chi connectivity index (χ1n) is 4.29. The van der Waals surface area contributed by atoms with Gasteiger partial charge in [0.2, 0.25) is 0 Å². The van der Waals surface area contributed by atoms with E-state index in [1.165, 1.54) is 0 Å². The topological polar surface area (TPSA) is 45.6 Å². The van der Waals surface area contributed by atoms with E-state index in [0.717, 1.165) is 5.56 Å². The molecule has 1 N–H and O–H groups in total. The Morgan fingerprint density at radius 2 is 2.62 bits per heavy atom. The lowest BCUT2D eigenvalue weighted by molar-refractivity contribution is -0.117. The summed E-state index contributed by atoms with van der Waals surface area (Å²) >= 11 is 0. The highest BCUT2D eigenvalue weighted by atomic mass is 16.7. The number of hydroxylamine groups is 2. The molecule has 1 aromatic rings. The Morgan fingerprint density at radius 3 is 3.23 bits per heavy atom. The van der Waals surface area contributed by atoms with Gasteiger partial charge in [0, 0.05) is 12.4 Å². The van der Waals surface area contributed by atoms with E-state index in [4.69, 9.17) is 4.84 Å². The Bertz CT molecular complexity index is 266. The molecule has 1 atom stereocenters. The predicted octanol–water partition coefficient (Wildman–Crippen LogP) is 0.190. The van der Waals surface area contributed by atoms with Crippen molar-refractivity contribution in [3.8, 4) is 0 Å². The van der Waals surface area contributed by atoms with Gasteiger partial charge in [0.25, 0.3) is 0 Å². The minimum atomic E-state index is -0.350. The van der Waals surface area contributed by atoms with Gasteiger partial charge in [0.15, 0.2) is 0 Å². The zero-order chi connectivity index (χ0) is 9.10. The van der Waals surface area contributed by atoms with Crippen LogP contribution in [0.5, 0.6) is 0 Å². The van der Waals surface area contributed by atoms with Crippen molar-refractivity contribution in [1.82, 2.24) is 10.0 Å². The summed E-state index contributed by atoms with van der Waals surface area (Å²) in [4.78, 5) is 9.23. The van der Waals surface area contributed by atoms with E-state index in [9.17, 15) is 5.11 Å². The number of rotatable bonds is 2. The van der Waals surface area contributed by atoms with E-state index in [-0.39, 0.29) is 6.10 Å². The molecule has 0 bridgehead atoms. The van der Waals surface area contributed by atoms with Gasteiger partial charge in [-0.3, -0.25) is 9.82 Å². The summed E-state index contributed by atoms with van der Waals surface area (Å²) in [5, 5.41) is 10.9. The molecule has 0 aromatic carbocycles. The average Bonchev–Trinajstić information content (AvgIpc) is 2.53. The van der Waals surface area contributed by atoms with E-state index in [1.807, 2.05) is 12.1 Å². The van der Waals surface area contributed by atoms with Crippen LogP contribution < -0.4 is 0 Å². The van der Waals surface area contributed by atoms with Crippen LogP contribution in [-0.4, -0.2) is 34.4 Å². The van der Waals surface area contributed by atoms with E-state index in [1.54, 1.807) is 17.5 Å². The quantitative estimate of drug-likeness (QED) is 0.705. The standard InChI is InChI=1S/C9H12N2O2/c12-9-6-11(13-7-9)5-8-2-1-3-10-4-8/h1-4,9,12H,5-7H2. The second-order valence-corrected chi connectivity index (χ2v) is 3.13. The van der Waals surface area contributed by atoms with Gasteiger partial charge in [-0.1, -0.05) is 6.07 Å². The van der Waals surface area contributed by atoms with Crippen molar-refractivity contribution in [2.24, 2.45) is 0 Å². The summed E-state index contributed by atoms with van der Waals surface area (Å²) in [5.41, 5.74) is 1.09. The molecule has 1 aliphatic rings. The summed E-state index contributed by atoms with van der Waals surface area (Å²) in [6.45, 7) is 1.67. The van der Waals surface area contributed by atoms with Gasteiger partial charge in [-0.2, -0.15) is 5.06 Å². The van der Waals surface area contributed by atoms with Gasteiger partial charge in [-0.15, -0.1) is 0 Å². The van der Waals surface area contributed by atoms with Gasteiger partial charge in [-0.25, -0.2) is 0 Å². The maximum Gasteiger partial charge on any atom is 0.0958 e. The fourth-order valence-electron chi connectivity index (χ4n) is 1.34. The fourth-order valence-corrected chi connectivity index (χ4v) is 1.34. The Morgan fingerprint density at radius 1 is 1.69 bits per heavy atom. The molecule has 4 nitrogen and oxygen atoms in total. The molecule has 1 aliphatic heterocycles. The normalized spacial score (nSPS) is 23.6. The molecular weight excluding hydrogens is 168 g/mol. The van der Waals surface area contributed by atoms with Crippen LogP contribution in [0.4, 0.5) is 0 Å². The predicted molar refractivity (Wildman–Crippen MR) is 46.6 cm³/mol. The average molecular weight is 180 g/mol. The maximum absolute atomic E-state index is 9.20. The van der Waals surface area contributed by atoms with Crippen LogP contribution in [0.2, 0.25) is 0 Å². The van der Waals surface area contributed by atoms with Crippen molar-refractivity contribution in [2.45, 2.75) is 12.6 Å². The van der Waals surface area contributed by atoms with Crippen LogP contribution >= 0.6 is 0 Å². The third-order valence-electron chi connectivity index (χ3n) is 1.95. The van der Waals surface area contributed by atoms with Crippen molar-refractivity contribution >= 4 is 0 Å². The first kappa shape index (κ1) is 8.62. The molecular formula is C9H12N2O2. The summed E-state index contributed by atoms with van der Waals surface area (Å²) in [6.07, 6.45) is 3.19. The van der Waals surface area contributed by atoms with Crippen molar-refractivity contribution < 1.29 is 9.94 Å².